The third-order valence-corrected chi connectivity index (χ3v) is 5.45. The Kier molecular flexibility index (Phi) is 6.09. The van der Waals surface area contributed by atoms with Gasteiger partial charge >= 0.3 is 5.97 Å². The van der Waals surface area contributed by atoms with Crippen LogP contribution in [-0.2, 0) is 4.79 Å². The number of piperazine rings is 1. The Hall–Kier alpha value is -1.44. The summed E-state index contributed by atoms with van der Waals surface area (Å²) in [6.45, 7) is 4.74. The second-order valence-corrected chi connectivity index (χ2v) is 7.82. The highest BCUT2D eigenvalue weighted by Gasteiger charge is 2.30. The van der Waals surface area contributed by atoms with E-state index in [1.54, 1.807) is 0 Å². The summed E-state index contributed by atoms with van der Waals surface area (Å²) in [6.07, 6.45) is 0. The summed E-state index contributed by atoms with van der Waals surface area (Å²) in [5.41, 5.74) is 2.57. The van der Waals surface area contributed by atoms with E-state index >= 15 is 0 Å². The molecule has 5 heteroatoms. The minimum absolute atomic E-state index is 0.119. The first-order valence-corrected chi connectivity index (χ1v) is 9.63. The minimum Gasteiger partial charge on any atom is -0.480 e. The van der Waals surface area contributed by atoms with E-state index < -0.39 is 5.97 Å². The first-order valence-electron chi connectivity index (χ1n) is 8.55. The van der Waals surface area contributed by atoms with Gasteiger partial charge in [0.15, 0.2) is 0 Å². The molecule has 132 valence electrons. The van der Waals surface area contributed by atoms with Crippen molar-refractivity contribution in [2.45, 2.75) is 19.0 Å². The number of nitrogens with zero attached hydrogens (tertiary/aromatic N) is 2. The van der Waals surface area contributed by atoms with Gasteiger partial charge in [-0.1, -0.05) is 42.5 Å². The van der Waals surface area contributed by atoms with Crippen LogP contribution in [0, 0.1) is 3.57 Å². The van der Waals surface area contributed by atoms with Crippen molar-refractivity contribution < 1.29 is 9.90 Å². The van der Waals surface area contributed by atoms with E-state index in [0.717, 1.165) is 19.6 Å². The van der Waals surface area contributed by atoms with Crippen LogP contribution >= 0.6 is 22.6 Å². The van der Waals surface area contributed by atoms with E-state index in [0.29, 0.717) is 0 Å². The van der Waals surface area contributed by atoms with Crippen LogP contribution in [0.2, 0.25) is 0 Å². The van der Waals surface area contributed by atoms with Gasteiger partial charge in [0.1, 0.15) is 0 Å². The Balaban J connectivity index is 1.87. The molecule has 1 heterocycles. The standard InChI is InChI=1S/C20H23IN2O2/c1-15-13-23(11-10-22(15)14-19(24)25)20(16-6-3-2-4-7-16)17-8-5-9-18(21)12-17/h2-9,12,15,20H,10-11,13-14H2,1H3,(H,24,25)/t15-,20-/m1/s1. The van der Waals surface area contributed by atoms with Crippen LogP contribution in [0.5, 0.6) is 0 Å². The summed E-state index contributed by atoms with van der Waals surface area (Å²) in [5, 5.41) is 9.09. The van der Waals surface area contributed by atoms with Gasteiger partial charge in [0.2, 0.25) is 0 Å². The molecule has 3 rings (SSSR count). The average Bonchev–Trinajstić information content (AvgIpc) is 2.58. The van der Waals surface area contributed by atoms with Gasteiger partial charge in [-0.15, -0.1) is 0 Å². The molecule has 1 N–H and O–H groups in total. The topological polar surface area (TPSA) is 43.8 Å². The number of carboxylic acid groups (broad SMARTS) is 1. The number of carboxylic acids is 1. The molecule has 0 amide bonds. The molecule has 0 unspecified atom stereocenters. The summed E-state index contributed by atoms with van der Waals surface area (Å²) < 4.78 is 1.23. The first kappa shape index (κ1) is 18.4. The number of benzene rings is 2. The monoisotopic (exact) mass is 450 g/mol. The van der Waals surface area contributed by atoms with Crippen molar-refractivity contribution in [3.8, 4) is 0 Å². The first-order chi connectivity index (χ1) is 12.0. The lowest BCUT2D eigenvalue weighted by Crippen LogP contribution is -2.54. The molecule has 1 saturated heterocycles. The van der Waals surface area contributed by atoms with Gasteiger partial charge in [-0.25, -0.2) is 0 Å². The summed E-state index contributed by atoms with van der Waals surface area (Å²) in [4.78, 5) is 15.6. The van der Waals surface area contributed by atoms with Crippen molar-refractivity contribution in [1.29, 1.82) is 0 Å². The maximum absolute atomic E-state index is 11.1. The van der Waals surface area contributed by atoms with Crippen molar-refractivity contribution in [3.05, 3.63) is 69.3 Å². The van der Waals surface area contributed by atoms with Gasteiger partial charge in [-0.05, 0) is 52.8 Å². The van der Waals surface area contributed by atoms with E-state index in [-0.39, 0.29) is 18.6 Å². The lowest BCUT2D eigenvalue weighted by atomic mass is 9.95. The summed E-state index contributed by atoms with van der Waals surface area (Å²) in [7, 11) is 0. The Labute approximate surface area is 162 Å². The zero-order valence-corrected chi connectivity index (χ0v) is 16.5. The van der Waals surface area contributed by atoms with Crippen LogP contribution in [0.4, 0.5) is 0 Å². The van der Waals surface area contributed by atoms with Crippen LogP contribution in [0.3, 0.4) is 0 Å². The molecule has 2 atom stereocenters. The number of aliphatic carboxylic acids is 1. The predicted octanol–water partition coefficient (Wildman–Crippen LogP) is 3.47. The van der Waals surface area contributed by atoms with Crippen LogP contribution in [0.25, 0.3) is 0 Å². The zero-order chi connectivity index (χ0) is 17.8. The van der Waals surface area contributed by atoms with Crippen molar-refractivity contribution in [2.24, 2.45) is 0 Å². The maximum atomic E-state index is 11.1. The smallest absolute Gasteiger partial charge is 0.317 e. The normalized spacial score (nSPS) is 20.3. The van der Waals surface area contributed by atoms with Gasteiger partial charge in [0.05, 0.1) is 12.6 Å². The van der Waals surface area contributed by atoms with Crippen LogP contribution < -0.4 is 0 Å². The summed E-state index contributed by atoms with van der Waals surface area (Å²) in [6, 6.07) is 19.6. The minimum atomic E-state index is -0.752. The van der Waals surface area contributed by atoms with E-state index in [1.807, 2.05) is 6.07 Å². The van der Waals surface area contributed by atoms with Gasteiger partial charge in [-0.3, -0.25) is 14.6 Å². The van der Waals surface area contributed by atoms with E-state index in [2.05, 4.69) is 87.8 Å². The van der Waals surface area contributed by atoms with E-state index in [1.165, 1.54) is 14.7 Å². The fraction of sp³-hybridized carbons (Fsp3) is 0.350. The quantitative estimate of drug-likeness (QED) is 0.709. The molecule has 0 spiro atoms. The highest BCUT2D eigenvalue weighted by molar-refractivity contribution is 14.1. The molecule has 0 aromatic heterocycles. The molecular weight excluding hydrogens is 427 g/mol. The highest BCUT2D eigenvalue weighted by atomic mass is 127. The van der Waals surface area contributed by atoms with Gasteiger partial charge < -0.3 is 5.11 Å². The van der Waals surface area contributed by atoms with E-state index in [4.69, 9.17) is 5.11 Å². The number of hydrogen-bond donors (Lipinski definition) is 1. The molecule has 0 aliphatic carbocycles. The molecule has 0 bridgehead atoms. The van der Waals surface area contributed by atoms with Gasteiger partial charge in [0, 0.05) is 29.2 Å². The molecule has 0 saturated carbocycles. The predicted molar refractivity (Wildman–Crippen MR) is 108 cm³/mol. The molecular formula is C20H23IN2O2. The molecule has 1 aliphatic rings. The molecule has 25 heavy (non-hydrogen) atoms. The van der Waals surface area contributed by atoms with Crippen molar-refractivity contribution in [1.82, 2.24) is 9.80 Å². The molecule has 4 nitrogen and oxygen atoms in total. The molecule has 1 fully saturated rings. The number of halogens is 1. The Bertz CT molecular complexity index is 723. The number of hydrogen-bond acceptors (Lipinski definition) is 3. The fourth-order valence-electron chi connectivity index (χ4n) is 3.59. The zero-order valence-electron chi connectivity index (χ0n) is 14.3. The third-order valence-electron chi connectivity index (χ3n) is 4.78. The van der Waals surface area contributed by atoms with Crippen LogP contribution in [-0.4, -0.2) is 53.1 Å². The van der Waals surface area contributed by atoms with E-state index in [9.17, 15) is 4.79 Å². The SMILES string of the molecule is C[C@@H]1CN([C@H](c2ccccc2)c2cccc(I)c2)CCN1CC(=O)O. The Morgan fingerprint density at radius 3 is 2.52 bits per heavy atom. The number of carbonyl (C=O) groups is 1. The maximum Gasteiger partial charge on any atom is 0.317 e. The summed E-state index contributed by atoms with van der Waals surface area (Å²) in [5.74, 6) is -0.752. The van der Waals surface area contributed by atoms with Crippen molar-refractivity contribution in [3.63, 3.8) is 0 Å². The highest BCUT2D eigenvalue weighted by Crippen LogP contribution is 2.31. The molecule has 1 aliphatic heterocycles. The lowest BCUT2D eigenvalue weighted by Gasteiger charge is -2.43. The van der Waals surface area contributed by atoms with Crippen molar-refractivity contribution >= 4 is 28.6 Å². The van der Waals surface area contributed by atoms with Crippen molar-refractivity contribution in [2.75, 3.05) is 26.2 Å². The summed E-state index contributed by atoms with van der Waals surface area (Å²) >= 11 is 2.36. The third kappa shape index (κ3) is 4.59. The molecule has 0 radical (unpaired) electrons. The number of rotatable bonds is 5. The molecule has 2 aromatic rings. The van der Waals surface area contributed by atoms with Crippen LogP contribution in [0.15, 0.2) is 54.6 Å². The second kappa shape index (κ2) is 8.29. The lowest BCUT2D eigenvalue weighted by molar-refractivity contribution is -0.139. The average molecular weight is 450 g/mol. The van der Waals surface area contributed by atoms with Gasteiger partial charge in [0.25, 0.3) is 0 Å². The Morgan fingerprint density at radius 2 is 1.88 bits per heavy atom. The largest absolute Gasteiger partial charge is 0.480 e. The fourth-order valence-corrected chi connectivity index (χ4v) is 4.16. The molecule has 2 aromatic carbocycles. The Morgan fingerprint density at radius 1 is 1.16 bits per heavy atom. The van der Waals surface area contributed by atoms with Gasteiger partial charge in [-0.2, -0.15) is 0 Å². The second-order valence-electron chi connectivity index (χ2n) is 6.58. The van der Waals surface area contributed by atoms with Crippen LogP contribution in [0.1, 0.15) is 24.1 Å².